The summed E-state index contributed by atoms with van der Waals surface area (Å²) >= 11 is 0. The number of nitrogen functional groups attached to an aromatic ring is 1. The average molecular weight is 222 g/mol. The molecule has 4 N–H and O–H groups in total. The minimum absolute atomic E-state index is 0.0809. The van der Waals surface area contributed by atoms with Gasteiger partial charge in [0, 0.05) is 25.7 Å². The molecule has 0 saturated carbocycles. The quantitative estimate of drug-likeness (QED) is 0.627. The summed E-state index contributed by atoms with van der Waals surface area (Å²) in [5, 5.41) is 5.92. The van der Waals surface area contributed by atoms with Gasteiger partial charge in [-0.25, -0.2) is 4.98 Å². The monoisotopic (exact) mass is 222 g/mol. The molecule has 5 nitrogen and oxygen atoms in total. The molecule has 0 aromatic carbocycles. The number of nitrogens with two attached hydrogens (primary N) is 1. The van der Waals surface area contributed by atoms with E-state index in [1.54, 1.807) is 18.3 Å². The summed E-state index contributed by atoms with van der Waals surface area (Å²) in [5.74, 6) is 0.779. The summed E-state index contributed by atoms with van der Waals surface area (Å²) < 4.78 is 0. The van der Waals surface area contributed by atoms with Gasteiger partial charge >= 0.3 is 0 Å². The maximum atomic E-state index is 10.9. The van der Waals surface area contributed by atoms with Crippen LogP contribution < -0.4 is 16.4 Å². The van der Waals surface area contributed by atoms with Crippen LogP contribution in [0.1, 0.15) is 19.8 Å². The van der Waals surface area contributed by atoms with Gasteiger partial charge in [-0.1, -0.05) is 6.92 Å². The minimum Gasteiger partial charge on any atom is -0.396 e. The van der Waals surface area contributed by atoms with E-state index in [9.17, 15) is 4.79 Å². The van der Waals surface area contributed by atoms with Crippen molar-refractivity contribution in [1.29, 1.82) is 0 Å². The molecule has 0 saturated heterocycles. The number of pyridine rings is 1. The molecule has 0 aliphatic carbocycles. The third-order valence-corrected chi connectivity index (χ3v) is 2.13. The lowest BCUT2D eigenvalue weighted by molar-refractivity contribution is -0.120. The topological polar surface area (TPSA) is 80.0 Å². The molecule has 1 rings (SSSR count). The number of carbonyl (C=O) groups excluding carboxylic acids is 1. The van der Waals surface area contributed by atoms with Crippen LogP contribution in [0.2, 0.25) is 0 Å². The molecule has 0 radical (unpaired) electrons. The van der Waals surface area contributed by atoms with Crippen LogP contribution in [-0.2, 0) is 4.79 Å². The summed E-state index contributed by atoms with van der Waals surface area (Å²) in [4.78, 5) is 15.0. The van der Waals surface area contributed by atoms with Crippen molar-refractivity contribution in [3.8, 4) is 0 Å². The molecule has 88 valence electrons. The van der Waals surface area contributed by atoms with E-state index in [1.807, 2.05) is 6.92 Å². The van der Waals surface area contributed by atoms with Gasteiger partial charge in [0.2, 0.25) is 5.91 Å². The van der Waals surface area contributed by atoms with Gasteiger partial charge in [-0.15, -0.1) is 0 Å². The van der Waals surface area contributed by atoms with E-state index < -0.39 is 0 Å². The second kappa shape index (κ2) is 6.66. The molecule has 16 heavy (non-hydrogen) atoms. The number of hydrogen-bond acceptors (Lipinski definition) is 4. The highest BCUT2D eigenvalue weighted by atomic mass is 16.1. The standard InChI is InChI=1S/C11H18N4O/c1-2-10(16)13-7-4-8-15-11-9(12)5-3-6-14-11/h3,5-6H,2,4,7-8,12H2,1H3,(H,13,16)(H,14,15). The maximum Gasteiger partial charge on any atom is 0.219 e. The SMILES string of the molecule is CCC(=O)NCCCNc1ncccc1N. The molecule has 0 unspecified atom stereocenters. The number of rotatable bonds is 6. The van der Waals surface area contributed by atoms with Gasteiger partial charge in [0.05, 0.1) is 5.69 Å². The first-order chi connectivity index (χ1) is 7.74. The van der Waals surface area contributed by atoms with Crippen LogP contribution >= 0.6 is 0 Å². The zero-order valence-electron chi connectivity index (χ0n) is 9.49. The van der Waals surface area contributed by atoms with E-state index in [0.29, 0.717) is 24.5 Å². The zero-order valence-corrected chi connectivity index (χ0v) is 9.49. The van der Waals surface area contributed by atoms with Crippen LogP contribution in [-0.4, -0.2) is 24.0 Å². The predicted molar refractivity (Wildman–Crippen MR) is 65.1 cm³/mol. The van der Waals surface area contributed by atoms with Crippen LogP contribution in [0.4, 0.5) is 11.5 Å². The van der Waals surface area contributed by atoms with Crippen LogP contribution in [0.3, 0.4) is 0 Å². The Bertz CT molecular complexity index is 341. The fourth-order valence-electron chi connectivity index (χ4n) is 1.21. The summed E-state index contributed by atoms with van der Waals surface area (Å²) in [5.41, 5.74) is 6.35. The highest BCUT2D eigenvalue weighted by Crippen LogP contribution is 2.12. The fourth-order valence-corrected chi connectivity index (χ4v) is 1.21. The first-order valence-electron chi connectivity index (χ1n) is 5.45. The maximum absolute atomic E-state index is 10.9. The Hall–Kier alpha value is -1.78. The predicted octanol–water partition coefficient (Wildman–Crippen LogP) is 0.992. The molecule has 0 fully saturated rings. The Morgan fingerprint density at radius 1 is 1.50 bits per heavy atom. The third kappa shape index (κ3) is 4.16. The van der Waals surface area contributed by atoms with Crippen molar-refractivity contribution in [2.75, 3.05) is 24.1 Å². The normalized spacial score (nSPS) is 9.81. The van der Waals surface area contributed by atoms with Crippen molar-refractivity contribution in [3.63, 3.8) is 0 Å². The average Bonchev–Trinajstić information content (AvgIpc) is 2.30. The number of carbonyl (C=O) groups is 1. The Kier molecular flexibility index (Phi) is 5.11. The first kappa shape index (κ1) is 12.3. The van der Waals surface area contributed by atoms with Crippen LogP contribution in [0.25, 0.3) is 0 Å². The summed E-state index contributed by atoms with van der Waals surface area (Å²) in [6.45, 7) is 3.25. The second-order valence-electron chi connectivity index (χ2n) is 3.43. The van der Waals surface area contributed by atoms with Gasteiger partial charge in [0.25, 0.3) is 0 Å². The molecule has 0 spiro atoms. The number of amides is 1. The smallest absolute Gasteiger partial charge is 0.219 e. The van der Waals surface area contributed by atoms with Crippen molar-refractivity contribution >= 4 is 17.4 Å². The largest absolute Gasteiger partial charge is 0.396 e. The molecule has 0 bridgehead atoms. The zero-order chi connectivity index (χ0) is 11.8. The molecule has 1 aromatic rings. The number of nitrogens with one attached hydrogen (secondary N) is 2. The van der Waals surface area contributed by atoms with Crippen LogP contribution in [0.5, 0.6) is 0 Å². The first-order valence-corrected chi connectivity index (χ1v) is 5.45. The Morgan fingerprint density at radius 2 is 2.31 bits per heavy atom. The van der Waals surface area contributed by atoms with Gasteiger partial charge in [0.1, 0.15) is 5.82 Å². The second-order valence-corrected chi connectivity index (χ2v) is 3.43. The highest BCUT2D eigenvalue weighted by molar-refractivity contribution is 5.75. The number of anilines is 2. The lowest BCUT2D eigenvalue weighted by Gasteiger charge is -2.08. The Balaban J connectivity index is 2.17. The number of hydrogen-bond donors (Lipinski definition) is 3. The summed E-state index contributed by atoms with van der Waals surface area (Å²) in [7, 11) is 0. The summed E-state index contributed by atoms with van der Waals surface area (Å²) in [6.07, 6.45) is 3.07. The van der Waals surface area contributed by atoms with E-state index in [2.05, 4.69) is 15.6 Å². The molecular weight excluding hydrogens is 204 g/mol. The van der Waals surface area contributed by atoms with Crippen molar-refractivity contribution in [2.24, 2.45) is 0 Å². The third-order valence-electron chi connectivity index (χ3n) is 2.13. The number of aromatic nitrogens is 1. The fraction of sp³-hybridized carbons (Fsp3) is 0.455. The van der Waals surface area contributed by atoms with Crippen molar-refractivity contribution in [3.05, 3.63) is 18.3 Å². The van der Waals surface area contributed by atoms with Gasteiger partial charge in [-0.2, -0.15) is 0 Å². The highest BCUT2D eigenvalue weighted by Gasteiger charge is 1.98. The lowest BCUT2D eigenvalue weighted by Crippen LogP contribution is -2.24. The van der Waals surface area contributed by atoms with Crippen molar-refractivity contribution < 1.29 is 4.79 Å². The molecule has 1 heterocycles. The summed E-state index contributed by atoms with van der Waals surface area (Å²) in [6, 6.07) is 3.59. The van der Waals surface area contributed by atoms with Crippen molar-refractivity contribution in [2.45, 2.75) is 19.8 Å². The molecule has 0 atom stereocenters. The van der Waals surface area contributed by atoms with Crippen molar-refractivity contribution in [1.82, 2.24) is 10.3 Å². The number of nitrogens with zero attached hydrogens (tertiary/aromatic N) is 1. The van der Waals surface area contributed by atoms with Gasteiger partial charge in [0.15, 0.2) is 0 Å². The molecule has 0 aliphatic rings. The molecule has 5 heteroatoms. The van der Waals surface area contributed by atoms with E-state index in [-0.39, 0.29) is 5.91 Å². The van der Waals surface area contributed by atoms with Crippen LogP contribution in [0, 0.1) is 0 Å². The molecule has 1 aromatic heterocycles. The Morgan fingerprint density at radius 3 is 3.00 bits per heavy atom. The lowest BCUT2D eigenvalue weighted by atomic mass is 10.3. The van der Waals surface area contributed by atoms with E-state index in [4.69, 9.17) is 5.73 Å². The Labute approximate surface area is 95.4 Å². The molecule has 0 aliphatic heterocycles. The van der Waals surface area contributed by atoms with E-state index in [0.717, 1.165) is 13.0 Å². The van der Waals surface area contributed by atoms with Gasteiger partial charge in [-0.05, 0) is 18.6 Å². The van der Waals surface area contributed by atoms with Gasteiger partial charge in [-0.3, -0.25) is 4.79 Å². The van der Waals surface area contributed by atoms with Gasteiger partial charge < -0.3 is 16.4 Å². The van der Waals surface area contributed by atoms with E-state index in [1.165, 1.54) is 0 Å². The minimum atomic E-state index is 0.0809. The van der Waals surface area contributed by atoms with Crippen LogP contribution in [0.15, 0.2) is 18.3 Å². The molecular formula is C11H18N4O. The van der Waals surface area contributed by atoms with E-state index >= 15 is 0 Å². The molecule has 1 amide bonds.